The van der Waals surface area contributed by atoms with E-state index in [9.17, 15) is 0 Å². The molecule has 0 atom stereocenters. The molecule has 5 nitrogen and oxygen atoms in total. The molecular weight excluding hydrogens is 174 g/mol. The minimum atomic E-state index is -0.250. The van der Waals surface area contributed by atoms with E-state index >= 15 is 0 Å². The van der Waals surface area contributed by atoms with Crippen LogP contribution < -0.4 is 0 Å². The van der Waals surface area contributed by atoms with Crippen molar-refractivity contribution in [1.29, 1.82) is 0 Å². The fraction of sp³-hybridized carbons (Fsp3) is 0.750. The van der Waals surface area contributed by atoms with Crippen LogP contribution in [0.4, 0.5) is 0 Å². The normalized spacial score (nSPS) is 7.38. The van der Waals surface area contributed by atoms with E-state index in [-0.39, 0.29) is 12.9 Å². The maximum absolute atomic E-state index is 8.36. The Morgan fingerprint density at radius 1 is 0.923 bits per heavy atom. The van der Waals surface area contributed by atoms with Crippen LogP contribution in [0.5, 0.6) is 0 Å². The van der Waals surface area contributed by atoms with E-state index in [0.29, 0.717) is 0 Å². The summed E-state index contributed by atoms with van der Waals surface area (Å²) in [5.41, 5.74) is 0. The Morgan fingerprint density at radius 2 is 1.08 bits per heavy atom. The molecule has 0 aliphatic rings. The third-order valence-electron chi connectivity index (χ3n) is 1.34. The van der Waals surface area contributed by atoms with Gasteiger partial charge < -0.3 is 15.1 Å². The van der Waals surface area contributed by atoms with Crippen LogP contribution in [-0.2, 0) is 9.59 Å². The summed E-state index contributed by atoms with van der Waals surface area (Å²) < 4.78 is 0. The molecule has 0 aromatic heterocycles. The van der Waals surface area contributed by atoms with Gasteiger partial charge in [-0.15, -0.1) is 0 Å². The Kier molecular flexibility index (Phi) is 30.8. The second-order valence-corrected chi connectivity index (χ2v) is 1.83. The number of hydrogen-bond donors (Lipinski definition) is 2. The molecule has 13 heavy (non-hydrogen) atoms. The van der Waals surface area contributed by atoms with E-state index in [1.165, 1.54) is 19.6 Å². The van der Waals surface area contributed by atoms with Crippen molar-refractivity contribution >= 4 is 12.9 Å². The van der Waals surface area contributed by atoms with Crippen molar-refractivity contribution in [1.82, 2.24) is 4.90 Å². The van der Waals surface area contributed by atoms with Gasteiger partial charge in [-0.1, -0.05) is 20.8 Å². The fourth-order valence-electron chi connectivity index (χ4n) is 0.671. The van der Waals surface area contributed by atoms with E-state index in [4.69, 9.17) is 19.8 Å². The summed E-state index contributed by atoms with van der Waals surface area (Å²) in [6.07, 6.45) is 0. The van der Waals surface area contributed by atoms with Crippen molar-refractivity contribution in [2.75, 3.05) is 19.6 Å². The van der Waals surface area contributed by atoms with Gasteiger partial charge in [-0.05, 0) is 19.6 Å². The lowest BCUT2D eigenvalue weighted by Crippen LogP contribution is -2.21. The highest BCUT2D eigenvalue weighted by Crippen LogP contribution is 1.81. The second kappa shape index (κ2) is 22.4. The molecule has 0 radical (unpaired) electrons. The summed E-state index contributed by atoms with van der Waals surface area (Å²) in [5, 5.41) is 13.8. The van der Waals surface area contributed by atoms with Crippen molar-refractivity contribution in [3.8, 4) is 0 Å². The highest BCUT2D eigenvalue weighted by molar-refractivity contribution is 5.32. The molecule has 0 saturated heterocycles. The van der Waals surface area contributed by atoms with Gasteiger partial charge in [0.2, 0.25) is 0 Å². The van der Waals surface area contributed by atoms with E-state index in [0.717, 1.165) is 0 Å². The molecular formula is C8H19NO4. The molecule has 2 N–H and O–H groups in total. The average molecular weight is 193 g/mol. The SMILES string of the molecule is CCN(CC)CC.O=CO.O=CO. The van der Waals surface area contributed by atoms with E-state index < -0.39 is 0 Å². The third-order valence-corrected chi connectivity index (χ3v) is 1.34. The van der Waals surface area contributed by atoms with Crippen molar-refractivity contribution in [2.45, 2.75) is 20.8 Å². The zero-order chi connectivity index (χ0) is 11.1. The van der Waals surface area contributed by atoms with Crippen molar-refractivity contribution in [2.24, 2.45) is 0 Å². The van der Waals surface area contributed by atoms with Crippen molar-refractivity contribution in [3.63, 3.8) is 0 Å². The molecule has 0 aromatic rings. The highest BCUT2D eigenvalue weighted by Gasteiger charge is 1.89. The smallest absolute Gasteiger partial charge is 0.290 e. The lowest BCUT2D eigenvalue weighted by molar-refractivity contribution is -0.123. The molecule has 0 aromatic carbocycles. The summed E-state index contributed by atoms with van der Waals surface area (Å²) in [6, 6.07) is 0. The quantitative estimate of drug-likeness (QED) is 0.647. The summed E-state index contributed by atoms with van der Waals surface area (Å²) in [6.45, 7) is 9.62. The van der Waals surface area contributed by atoms with Gasteiger partial charge in [-0.25, -0.2) is 0 Å². The number of rotatable bonds is 3. The summed E-state index contributed by atoms with van der Waals surface area (Å²) in [7, 11) is 0. The van der Waals surface area contributed by atoms with Gasteiger partial charge in [-0.2, -0.15) is 0 Å². The Bertz CT molecular complexity index is 82.6. The monoisotopic (exact) mass is 193 g/mol. The van der Waals surface area contributed by atoms with Crippen LogP contribution in [-0.4, -0.2) is 47.7 Å². The van der Waals surface area contributed by atoms with Gasteiger partial charge in [-0.3, -0.25) is 9.59 Å². The fourth-order valence-corrected chi connectivity index (χ4v) is 0.671. The molecule has 0 aliphatic carbocycles. The number of hydrogen-bond acceptors (Lipinski definition) is 3. The molecule has 0 heterocycles. The van der Waals surface area contributed by atoms with Gasteiger partial charge in [0.05, 0.1) is 0 Å². The molecule has 0 saturated carbocycles. The molecule has 0 spiro atoms. The standard InChI is InChI=1S/C6H15N.2CH2O2/c1-4-7(5-2)6-3;2*2-1-3/h4-6H2,1-3H3;2*1H,(H,2,3). The van der Waals surface area contributed by atoms with Crippen LogP contribution in [0.1, 0.15) is 20.8 Å². The minimum Gasteiger partial charge on any atom is -0.483 e. The van der Waals surface area contributed by atoms with Crippen LogP contribution >= 0.6 is 0 Å². The lowest BCUT2D eigenvalue weighted by Gasteiger charge is -2.13. The number of carbonyl (C=O) groups is 2. The minimum absolute atomic E-state index is 0.250. The first-order chi connectivity index (χ1) is 6.17. The first-order valence-electron chi connectivity index (χ1n) is 4.06. The summed E-state index contributed by atoms with van der Waals surface area (Å²) >= 11 is 0. The Morgan fingerprint density at radius 3 is 1.08 bits per heavy atom. The second-order valence-electron chi connectivity index (χ2n) is 1.83. The molecule has 0 fully saturated rings. The van der Waals surface area contributed by atoms with Crippen molar-refractivity contribution in [3.05, 3.63) is 0 Å². The lowest BCUT2D eigenvalue weighted by atomic mass is 10.5. The van der Waals surface area contributed by atoms with Crippen LogP contribution in [0, 0.1) is 0 Å². The molecule has 0 rings (SSSR count). The first kappa shape index (κ1) is 17.8. The Hall–Kier alpha value is -1.10. The number of carboxylic acid groups (broad SMARTS) is 2. The molecule has 5 heteroatoms. The van der Waals surface area contributed by atoms with Crippen molar-refractivity contribution < 1.29 is 19.8 Å². The van der Waals surface area contributed by atoms with Gasteiger partial charge in [0.15, 0.2) is 0 Å². The Balaban J connectivity index is -0.000000140. The predicted octanol–water partition coefficient (Wildman–Crippen LogP) is 0.750. The molecule has 0 amide bonds. The average Bonchev–Trinajstić information content (AvgIpc) is 2.10. The zero-order valence-electron chi connectivity index (χ0n) is 8.43. The highest BCUT2D eigenvalue weighted by atomic mass is 16.3. The topological polar surface area (TPSA) is 77.8 Å². The molecule has 0 unspecified atom stereocenters. The maximum Gasteiger partial charge on any atom is 0.290 e. The van der Waals surface area contributed by atoms with Crippen LogP contribution in [0.3, 0.4) is 0 Å². The van der Waals surface area contributed by atoms with E-state index in [1.807, 2.05) is 0 Å². The van der Waals surface area contributed by atoms with Gasteiger partial charge >= 0.3 is 0 Å². The number of nitrogens with zero attached hydrogens (tertiary/aromatic N) is 1. The first-order valence-corrected chi connectivity index (χ1v) is 4.06. The van der Waals surface area contributed by atoms with E-state index in [2.05, 4.69) is 25.7 Å². The predicted molar refractivity (Wildman–Crippen MR) is 50.8 cm³/mol. The zero-order valence-corrected chi connectivity index (χ0v) is 8.43. The van der Waals surface area contributed by atoms with Gasteiger partial charge in [0.25, 0.3) is 12.9 Å². The molecule has 0 bridgehead atoms. The maximum atomic E-state index is 8.36. The van der Waals surface area contributed by atoms with Gasteiger partial charge in [0.1, 0.15) is 0 Å². The summed E-state index contributed by atoms with van der Waals surface area (Å²) in [5.74, 6) is 0. The van der Waals surface area contributed by atoms with Crippen LogP contribution in [0.2, 0.25) is 0 Å². The van der Waals surface area contributed by atoms with E-state index in [1.54, 1.807) is 0 Å². The third kappa shape index (κ3) is 36.0. The molecule has 0 aliphatic heterocycles. The van der Waals surface area contributed by atoms with Crippen LogP contribution in [0.25, 0.3) is 0 Å². The summed E-state index contributed by atoms with van der Waals surface area (Å²) in [4.78, 5) is 19.1. The Labute approximate surface area is 79.0 Å². The van der Waals surface area contributed by atoms with Gasteiger partial charge in [0, 0.05) is 0 Å². The molecule has 80 valence electrons. The largest absolute Gasteiger partial charge is 0.483 e. The van der Waals surface area contributed by atoms with Crippen LogP contribution in [0.15, 0.2) is 0 Å².